The molecule has 0 amide bonds. The highest BCUT2D eigenvalue weighted by Crippen LogP contribution is 2.09. The van der Waals surface area contributed by atoms with Crippen LogP contribution in [-0.4, -0.2) is 43.3 Å². The van der Waals surface area contributed by atoms with Gasteiger partial charge in [-0.3, -0.25) is 4.90 Å². The summed E-state index contributed by atoms with van der Waals surface area (Å²) in [6.45, 7) is 6.03. The second-order valence-electron chi connectivity index (χ2n) is 5.11. The highest BCUT2D eigenvalue weighted by molar-refractivity contribution is 5.15. The number of ether oxygens (including phenoxy) is 1. The van der Waals surface area contributed by atoms with E-state index in [0.29, 0.717) is 6.10 Å². The summed E-state index contributed by atoms with van der Waals surface area (Å²) in [5.74, 6) is 0. The monoisotopic (exact) mass is 248 g/mol. The lowest BCUT2D eigenvalue weighted by molar-refractivity contribution is -0.0310. The summed E-state index contributed by atoms with van der Waals surface area (Å²) in [4.78, 5) is 2.44. The molecule has 100 valence electrons. The zero-order valence-corrected chi connectivity index (χ0v) is 11.2. The molecule has 0 aromatic heterocycles. The van der Waals surface area contributed by atoms with Gasteiger partial charge in [0.05, 0.1) is 12.7 Å². The zero-order chi connectivity index (χ0) is 12.8. The minimum Gasteiger partial charge on any atom is -0.376 e. The first-order chi connectivity index (χ1) is 8.78. The number of hydrogen-bond acceptors (Lipinski definition) is 3. The molecule has 1 aromatic carbocycles. The summed E-state index contributed by atoms with van der Waals surface area (Å²) < 4.78 is 5.67. The third-order valence-corrected chi connectivity index (χ3v) is 3.51. The van der Waals surface area contributed by atoms with Gasteiger partial charge in [-0.25, -0.2) is 0 Å². The lowest BCUT2D eigenvalue weighted by Crippen LogP contribution is -2.47. The zero-order valence-electron chi connectivity index (χ0n) is 11.2. The number of nitrogens with two attached hydrogens (primary N) is 1. The van der Waals surface area contributed by atoms with Crippen molar-refractivity contribution in [3.05, 3.63) is 35.9 Å². The molecule has 3 heteroatoms. The van der Waals surface area contributed by atoms with Crippen molar-refractivity contribution in [1.82, 2.24) is 4.90 Å². The van der Waals surface area contributed by atoms with Crippen LogP contribution in [0.3, 0.4) is 0 Å². The van der Waals surface area contributed by atoms with Crippen LogP contribution >= 0.6 is 0 Å². The average Bonchev–Trinajstić information content (AvgIpc) is 2.40. The van der Waals surface area contributed by atoms with Crippen molar-refractivity contribution in [2.45, 2.75) is 31.9 Å². The molecule has 0 radical (unpaired) electrons. The van der Waals surface area contributed by atoms with Gasteiger partial charge in [-0.2, -0.15) is 0 Å². The second-order valence-corrected chi connectivity index (χ2v) is 5.11. The van der Waals surface area contributed by atoms with Crippen LogP contribution in [-0.2, 0) is 11.2 Å². The molecular weight excluding hydrogens is 224 g/mol. The Morgan fingerprint density at radius 3 is 2.89 bits per heavy atom. The van der Waals surface area contributed by atoms with Crippen LogP contribution in [0.25, 0.3) is 0 Å². The number of morpholine rings is 1. The van der Waals surface area contributed by atoms with Gasteiger partial charge in [-0.05, 0) is 18.4 Å². The van der Waals surface area contributed by atoms with Crippen LogP contribution in [0.5, 0.6) is 0 Å². The average molecular weight is 248 g/mol. The molecular formula is C15H24N2O. The Bertz CT molecular complexity index is 342. The number of hydrogen-bond donors (Lipinski definition) is 1. The number of rotatable bonds is 5. The van der Waals surface area contributed by atoms with Gasteiger partial charge in [0.1, 0.15) is 0 Å². The van der Waals surface area contributed by atoms with E-state index in [0.717, 1.165) is 39.1 Å². The van der Waals surface area contributed by atoms with Gasteiger partial charge in [0.15, 0.2) is 0 Å². The predicted octanol–water partition coefficient (Wildman–Crippen LogP) is 1.67. The first-order valence-electron chi connectivity index (χ1n) is 6.91. The van der Waals surface area contributed by atoms with Crippen molar-refractivity contribution < 1.29 is 4.74 Å². The van der Waals surface area contributed by atoms with E-state index in [-0.39, 0.29) is 6.04 Å². The molecule has 1 heterocycles. The molecule has 0 bridgehead atoms. The van der Waals surface area contributed by atoms with Crippen molar-refractivity contribution in [2.24, 2.45) is 5.73 Å². The lowest BCUT2D eigenvalue weighted by Gasteiger charge is -2.34. The van der Waals surface area contributed by atoms with E-state index >= 15 is 0 Å². The Balaban J connectivity index is 1.78. The Labute approximate surface area is 110 Å². The summed E-state index contributed by atoms with van der Waals surface area (Å²) in [6.07, 6.45) is 2.43. The molecule has 0 spiro atoms. The van der Waals surface area contributed by atoms with E-state index in [2.05, 4.69) is 36.1 Å². The Morgan fingerprint density at radius 2 is 2.17 bits per heavy atom. The fourth-order valence-corrected chi connectivity index (χ4v) is 2.51. The standard InChI is InChI=1S/C15H24N2O/c1-2-15-12-17(8-9-18-15)11-14(16)10-13-6-4-3-5-7-13/h3-7,14-15H,2,8-12,16H2,1H3. The van der Waals surface area contributed by atoms with Gasteiger partial charge in [0, 0.05) is 25.7 Å². The van der Waals surface area contributed by atoms with Crippen molar-refractivity contribution in [3.8, 4) is 0 Å². The molecule has 0 aliphatic carbocycles. The van der Waals surface area contributed by atoms with Gasteiger partial charge in [0.25, 0.3) is 0 Å². The van der Waals surface area contributed by atoms with Crippen LogP contribution in [0, 0.1) is 0 Å². The molecule has 1 saturated heterocycles. The first kappa shape index (κ1) is 13.5. The van der Waals surface area contributed by atoms with Gasteiger partial charge < -0.3 is 10.5 Å². The van der Waals surface area contributed by atoms with E-state index in [1.165, 1.54) is 5.56 Å². The summed E-state index contributed by atoms with van der Waals surface area (Å²) in [5.41, 5.74) is 7.57. The summed E-state index contributed by atoms with van der Waals surface area (Å²) >= 11 is 0. The molecule has 2 atom stereocenters. The van der Waals surface area contributed by atoms with Crippen molar-refractivity contribution in [2.75, 3.05) is 26.2 Å². The second kappa shape index (κ2) is 6.88. The quantitative estimate of drug-likeness (QED) is 0.861. The van der Waals surface area contributed by atoms with Gasteiger partial charge >= 0.3 is 0 Å². The number of benzene rings is 1. The van der Waals surface area contributed by atoms with Gasteiger partial charge in [-0.15, -0.1) is 0 Å². The first-order valence-corrected chi connectivity index (χ1v) is 6.91. The van der Waals surface area contributed by atoms with Crippen molar-refractivity contribution >= 4 is 0 Å². The van der Waals surface area contributed by atoms with E-state index in [1.54, 1.807) is 0 Å². The van der Waals surface area contributed by atoms with Gasteiger partial charge in [-0.1, -0.05) is 37.3 Å². The fraction of sp³-hybridized carbons (Fsp3) is 0.600. The largest absolute Gasteiger partial charge is 0.376 e. The highest BCUT2D eigenvalue weighted by atomic mass is 16.5. The van der Waals surface area contributed by atoms with Crippen molar-refractivity contribution in [1.29, 1.82) is 0 Å². The van der Waals surface area contributed by atoms with Crippen LogP contribution < -0.4 is 5.73 Å². The van der Waals surface area contributed by atoms with Crippen molar-refractivity contribution in [3.63, 3.8) is 0 Å². The Hall–Kier alpha value is -0.900. The molecule has 0 saturated carbocycles. The molecule has 1 aliphatic rings. The summed E-state index contributed by atoms with van der Waals surface area (Å²) in [6, 6.07) is 10.7. The molecule has 2 N–H and O–H groups in total. The van der Waals surface area contributed by atoms with Gasteiger partial charge in [0.2, 0.25) is 0 Å². The maximum Gasteiger partial charge on any atom is 0.0700 e. The summed E-state index contributed by atoms with van der Waals surface area (Å²) in [5, 5.41) is 0. The third-order valence-electron chi connectivity index (χ3n) is 3.51. The smallest absolute Gasteiger partial charge is 0.0700 e. The lowest BCUT2D eigenvalue weighted by atomic mass is 10.1. The normalized spacial score (nSPS) is 22.9. The molecule has 1 aliphatic heterocycles. The molecule has 18 heavy (non-hydrogen) atoms. The molecule has 1 aromatic rings. The Morgan fingerprint density at radius 1 is 1.39 bits per heavy atom. The molecule has 1 fully saturated rings. The number of nitrogens with zero attached hydrogens (tertiary/aromatic N) is 1. The van der Waals surface area contributed by atoms with E-state index in [4.69, 9.17) is 10.5 Å². The molecule has 3 nitrogen and oxygen atoms in total. The maximum absolute atomic E-state index is 6.24. The topological polar surface area (TPSA) is 38.5 Å². The summed E-state index contributed by atoms with van der Waals surface area (Å²) in [7, 11) is 0. The van der Waals surface area contributed by atoms with Crippen LogP contribution in [0.15, 0.2) is 30.3 Å². The predicted molar refractivity (Wildman–Crippen MR) is 74.6 cm³/mol. The minimum atomic E-state index is 0.211. The van der Waals surface area contributed by atoms with E-state index in [1.807, 2.05) is 6.07 Å². The fourth-order valence-electron chi connectivity index (χ4n) is 2.51. The third kappa shape index (κ3) is 4.09. The molecule has 2 unspecified atom stereocenters. The Kier molecular flexibility index (Phi) is 5.17. The SMILES string of the molecule is CCC1CN(CC(N)Cc2ccccc2)CCO1. The molecule has 2 rings (SSSR count). The van der Waals surface area contributed by atoms with Crippen LogP contribution in [0.1, 0.15) is 18.9 Å². The van der Waals surface area contributed by atoms with Crippen LogP contribution in [0.2, 0.25) is 0 Å². The van der Waals surface area contributed by atoms with Crippen LogP contribution in [0.4, 0.5) is 0 Å². The maximum atomic E-state index is 6.24. The van der Waals surface area contributed by atoms with E-state index < -0.39 is 0 Å². The highest BCUT2D eigenvalue weighted by Gasteiger charge is 2.20. The minimum absolute atomic E-state index is 0.211. The van der Waals surface area contributed by atoms with E-state index in [9.17, 15) is 0 Å².